The SMILES string of the molecule is CC(C)N(CCN1CCN(C(=O)CNc2c(C3=C=CC=C(S(C)(=O)=O)C=C3)nc3cnccn23)CC1)C(C)C. The Bertz CT molecular complexity index is 1420. The largest absolute Gasteiger partial charge is 0.360 e. The van der Waals surface area contributed by atoms with Gasteiger partial charge in [-0.3, -0.25) is 24.0 Å². The number of nitrogens with one attached hydrogen (secondary N) is 1. The Morgan fingerprint density at radius 1 is 1.13 bits per heavy atom. The molecule has 11 heteroatoms. The normalized spacial score (nSPS) is 16.8. The van der Waals surface area contributed by atoms with Crippen LogP contribution in [0.15, 0.2) is 53.5 Å². The highest BCUT2D eigenvalue weighted by Gasteiger charge is 2.23. The molecule has 1 fully saturated rings. The Kier molecular flexibility index (Phi) is 9.07. The number of nitrogens with zero attached hydrogens (tertiary/aromatic N) is 6. The molecule has 2 aliphatic rings. The highest BCUT2D eigenvalue weighted by Crippen LogP contribution is 2.27. The summed E-state index contributed by atoms with van der Waals surface area (Å²) in [6.07, 6.45) is 12.5. The van der Waals surface area contributed by atoms with E-state index in [1.54, 1.807) is 36.8 Å². The van der Waals surface area contributed by atoms with E-state index in [1.807, 2.05) is 9.30 Å². The predicted molar refractivity (Wildman–Crippen MR) is 155 cm³/mol. The van der Waals surface area contributed by atoms with Crippen LogP contribution in [0.2, 0.25) is 0 Å². The number of hydrogen-bond donors (Lipinski definition) is 1. The molecule has 0 saturated carbocycles. The number of hydrogen-bond acceptors (Lipinski definition) is 8. The molecule has 1 saturated heterocycles. The fourth-order valence-electron chi connectivity index (χ4n) is 5.00. The van der Waals surface area contributed by atoms with Crippen LogP contribution in [0.5, 0.6) is 0 Å². The van der Waals surface area contributed by atoms with Gasteiger partial charge in [0.05, 0.1) is 17.6 Å². The highest BCUT2D eigenvalue weighted by atomic mass is 32.2. The summed E-state index contributed by atoms with van der Waals surface area (Å²) in [4.78, 5) is 29.0. The molecule has 0 atom stereocenters. The number of rotatable bonds is 10. The summed E-state index contributed by atoms with van der Waals surface area (Å²) in [5, 5.41) is 3.29. The Balaban J connectivity index is 1.41. The van der Waals surface area contributed by atoms with Crippen LogP contribution in [0.25, 0.3) is 11.2 Å². The number of sulfone groups is 1. The van der Waals surface area contributed by atoms with E-state index in [9.17, 15) is 13.2 Å². The lowest BCUT2D eigenvalue weighted by molar-refractivity contribution is -0.131. The van der Waals surface area contributed by atoms with Crippen molar-refractivity contribution < 1.29 is 13.2 Å². The first-order valence-electron chi connectivity index (χ1n) is 13.4. The van der Waals surface area contributed by atoms with Crippen molar-refractivity contribution in [3.8, 4) is 0 Å². The molecule has 1 aliphatic heterocycles. The molecule has 210 valence electrons. The number of amides is 1. The molecule has 2 aromatic rings. The van der Waals surface area contributed by atoms with Gasteiger partial charge in [-0.2, -0.15) is 0 Å². The van der Waals surface area contributed by atoms with Gasteiger partial charge in [0.15, 0.2) is 15.5 Å². The third-order valence-corrected chi connectivity index (χ3v) is 8.28. The molecule has 4 rings (SSSR count). The lowest BCUT2D eigenvalue weighted by atomic mass is 10.2. The van der Waals surface area contributed by atoms with Crippen LogP contribution in [-0.2, 0) is 14.6 Å². The Labute approximate surface area is 231 Å². The molecule has 0 bridgehead atoms. The maximum Gasteiger partial charge on any atom is 0.242 e. The number of carbonyl (C=O) groups excluding carboxylic acids is 1. The van der Waals surface area contributed by atoms with Gasteiger partial charge in [-0.05, 0) is 52.0 Å². The standard InChI is InChI=1S/C28H39N7O3S/c1-21(2)34(22(3)4)18-15-32-13-16-33(17-14-32)26(36)20-30-28-27(31-25-19-29-11-12-35(25)28)23-7-6-8-24(10-9-23)39(5,37)38/h6,8-12,19,21-22,30H,13-18,20H2,1-5H3. The third kappa shape index (κ3) is 7.05. The van der Waals surface area contributed by atoms with E-state index in [1.165, 1.54) is 12.3 Å². The highest BCUT2D eigenvalue weighted by molar-refractivity contribution is 7.94. The van der Waals surface area contributed by atoms with Gasteiger partial charge in [0, 0.05) is 75.6 Å². The van der Waals surface area contributed by atoms with Crippen molar-refractivity contribution in [1.82, 2.24) is 29.1 Å². The van der Waals surface area contributed by atoms with Gasteiger partial charge in [0.25, 0.3) is 0 Å². The summed E-state index contributed by atoms with van der Waals surface area (Å²) in [5.74, 6) is 0.655. The van der Waals surface area contributed by atoms with Crippen LogP contribution < -0.4 is 5.32 Å². The number of piperazine rings is 1. The Hall–Kier alpha value is -3.24. The molecule has 1 amide bonds. The van der Waals surface area contributed by atoms with Crippen molar-refractivity contribution in [1.29, 1.82) is 0 Å². The molecular weight excluding hydrogens is 514 g/mol. The van der Waals surface area contributed by atoms with E-state index in [0.717, 1.165) is 26.2 Å². The van der Waals surface area contributed by atoms with E-state index in [2.05, 4.69) is 58.5 Å². The van der Waals surface area contributed by atoms with Crippen molar-refractivity contribution in [3.63, 3.8) is 0 Å². The quantitative estimate of drug-likeness (QED) is 0.448. The summed E-state index contributed by atoms with van der Waals surface area (Å²) in [6.45, 7) is 14.2. The molecular formula is C28H39N7O3S. The lowest BCUT2D eigenvalue weighted by Crippen LogP contribution is -2.52. The van der Waals surface area contributed by atoms with Crippen LogP contribution in [-0.4, -0.2) is 108 Å². The average Bonchev–Trinajstić information content (AvgIpc) is 3.06. The smallest absolute Gasteiger partial charge is 0.242 e. The maximum atomic E-state index is 13.2. The second-order valence-corrected chi connectivity index (χ2v) is 12.5. The molecule has 0 unspecified atom stereocenters. The van der Waals surface area contributed by atoms with Crippen molar-refractivity contribution >= 4 is 32.8 Å². The number of carbonyl (C=O) groups is 1. The number of fused-ring (bicyclic) bond motifs is 1. The van der Waals surface area contributed by atoms with Crippen LogP contribution in [0, 0.1) is 0 Å². The van der Waals surface area contributed by atoms with Crippen molar-refractivity contribution in [2.24, 2.45) is 0 Å². The average molecular weight is 554 g/mol. The minimum atomic E-state index is -3.36. The zero-order chi connectivity index (χ0) is 28.2. The van der Waals surface area contributed by atoms with Crippen LogP contribution >= 0.6 is 0 Å². The Morgan fingerprint density at radius 2 is 1.85 bits per heavy atom. The zero-order valence-corrected chi connectivity index (χ0v) is 24.3. The molecule has 1 N–H and O–H groups in total. The number of aromatic nitrogens is 3. The van der Waals surface area contributed by atoms with Crippen molar-refractivity contribution in [3.05, 3.63) is 59.2 Å². The molecule has 3 heterocycles. The second kappa shape index (κ2) is 12.3. The van der Waals surface area contributed by atoms with Crippen LogP contribution in [0.4, 0.5) is 5.82 Å². The monoisotopic (exact) mass is 553 g/mol. The summed E-state index contributed by atoms with van der Waals surface area (Å²) in [6, 6.07) is 1.02. The molecule has 0 spiro atoms. The van der Waals surface area contributed by atoms with E-state index < -0.39 is 9.84 Å². The molecule has 0 radical (unpaired) electrons. The fraction of sp³-hybridized carbons (Fsp3) is 0.500. The van der Waals surface area contributed by atoms with Crippen LogP contribution in [0.1, 0.15) is 33.4 Å². The number of anilines is 1. The fourth-order valence-corrected chi connectivity index (χ4v) is 5.63. The van der Waals surface area contributed by atoms with Gasteiger partial charge in [-0.15, -0.1) is 5.73 Å². The van der Waals surface area contributed by atoms with E-state index in [-0.39, 0.29) is 17.4 Å². The van der Waals surface area contributed by atoms with Gasteiger partial charge in [0.2, 0.25) is 5.91 Å². The van der Waals surface area contributed by atoms with E-state index in [0.29, 0.717) is 47.9 Å². The topological polar surface area (TPSA) is 103 Å². The second-order valence-electron chi connectivity index (χ2n) is 10.5. The van der Waals surface area contributed by atoms with Gasteiger partial charge in [0.1, 0.15) is 11.5 Å². The number of allylic oxidation sites excluding steroid dienone is 4. The van der Waals surface area contributed by atoms with Gasteiger partial charge in [-0.1, -0.05) is 0 Å². The molecule has 2 aromatic heterocycles. The number of imidazole rings is 1. The summed E-state index contributed by atoms with van der Waals surface area (Å²) in [5.41, 5.74) is 4.89. The summed E-state index contributed by atoms with van der Waals surface area (Å²) < 4.78 is 25.8. The Morgan fingerprint density at radius 3 is 2.51 bits per heavy atom. The first-order valence-corrected chi connectivity index (χ1v) is 15.3. The zero-order valence-electron chi connectivity index (χ0n) is 23.5. The van der Waals surface area contributed by atoms with E-state index in [4.69, 9.17) is 0 Å². The minimum absolute atomic E-state index is 0.0255. The molecule has 1 aliphatic carbocycles. The van der Waals surface area contributed by atoms with Gasteiger partial charge in [-0.25, -0.2) is 13.4 Å². The van der Waals surface area contributed by atoms with Crippen LogP contribution in [0.3, 0.4) is 0 Å². The summed E-state index contributed by atoms with van der Waals surface area (Å²) >= 11 is 0. The van der Waals surface area contributed by atoms with Gasteiger partial charge < -0.3 is 10.2 Å². The van der Waals surface area contributed by atoms with Crippen molar-refractivity contribution in [2.75, 3.05) is 57.4 Å². The van der Waals surface area contributed by atoms with Crippen molar-refractivity contribution in [2.45, 2.75) is 39.8 Å². The van der Waals surface area contributed by atoms with Gasteiger partial charge >= 0.3 is 0 Å². The molecule has 10 nitrogen and oxygen atoms in total. The summed E-state index contributed by atoms with van der Waals surface area (Å²) in [7, 11) is -3.36. The van der Waals surface area contributed by atoms with E-state index >= 15 is 0 Å². The predicted octanol–water partition coefficient (Wildman–Crippen LogP) is 2.44. The lowest BCUT2D eigenvalue weighted by Gasteiger charge is -2.37. The molecule has 0 aromatic carbocycles. The first-order chi connectivity index (χ1) is 18.5. The minimum Gasteiger partial charge on any atom is -0.360 e. The first kappa shape index (κ1) is 28.8. The maximum absolute atomic E-state index is 13.2. The molecule has 39 heavy (non-hydrogen) atoms. The third-order valence-electron chi connectivity index (χ3n) is 7.15.